The summed E-state index contributed by atoms with van der Waals surface area (Å²) in [5.74, 6) is 0. The Morgan fingerprint density at radius 1 is 1.25 bits per heavy atom. The molecular weight excluding hydrogens is 318 g/mol. The Morgan fingerprint density at radius 2 is 2.05 bits per heavy atom. The second-order valence-electron chi connectivity index (χ2n) is 5.01. The second kappa shape index (κ2) is 5.79. The summed E-state index contributed by atoms with van der Waals surface area (Å²) in [5.41, 5.74) is 1.59. The maximum atomic E-state index is 12.3. The van der Waals surface area contributed by atoms with Crippen molar-refractivity contribution in [3.8, 4) is 0 Å². The van der Waals surface area contributed by atoms with Gasteiger partial charge in [-0.15, -0.1) is 0 Å². The number of fused-ring (bicyclic) bond motifs is 1. The predicted molar refractivity (Wildman–Crippen MR) is 83.9 cm³/mol. The molecule has 0 unspecified atom stereocenters. The molecule has 2 amide bonds. The highest BCUT2D eigenvalue weighted by atomic mass is 79.9. The average molecular weight is 334 g/mol. The van der Waals surface area contributed by atoms with Gasteiger partial charge in [0.15, 0.2) is 0 Å². The number of carbonyl (C=O) groups excluding carboxylic acids is 1. The number of piperidine rings is 1. The van der Waals surface area contributed by atoms with E-state index in [0.717, 1.165) is 47.0 Å². The lowest BCUT2D eigenvalue weighted by Gasteiger charge is -2.26. The van der Waals surface area contributed by atoms with Gasteiger partial charge in [0.05, 0.1) is 11.2 Å². The van der Waals surface area contributed by atoms with Crippen LogP contribution in [0.15, 0.2) is 34.9 Å². The number of anilines is 1. The third-order valence-electron chi connectivity index (χ3n) is 3.56. The average Bonchev–Trinajstić information content (AvgIpc) is 2.48. The van der Waals surface area contributed by atoms with Crippen molar-refractivity contribution in [1.82, 2.24) is 9.88 Å². The van der Waals surface area contributed by atoms with Crippen LogP contribution in [-0.4, -0.2) is 29.0 Å². The zero-order valence-corrected chi connectivity index (χ0v) is 12.7. The standard InChI is InChI=1S/C15H16BrN3O/c16-12-9-11-5-4-6-13(14(11)17-10-12)18-15(20)19-7-2-1-3-8-19/h4-6,9-10H,1-3,7-8H2,(H,18,20). The molecule has 4 nitrogen and oxygen atoms in total. The smallest absolute Gasteiger partial charge is 0.321 e. The quantitative estimate of drug-likeness (QED) is 0.856. The summed E-state index contributed by atoms with van der Waals surface area (Å²) in [4.78, 5) is 18.5. The van der Waals surface area contributed by atoms with Gasteiger partial charge in [-0.05, 0) is 47.3 Å². The highest BCUT2D eigenvalue weighted by molar-refractivity contribution is 9.10. The first-order valence-corrected chi connectivity index (χ1v) is 7.63. The fraction of sp³-hybridized carbons (Fsp3) is 0.333. The summed E-state index contributed by atoms with van der Waals surface area (Å²) in [5, 5.41) is 3.99. The minimum atomic E-state index is -0.0260. The molecule has 2 aromatic rings. The zero-order chi connectivity index (χ0) is 13.9. The first kappa shape index (κ1) is 13.4. The lowest BCUT2D eigenvalue weighted by atomic mass is 10.1. The van der Waals surface area contributed by atoms with Crippen molar-refractivity contribution >= 4 is 38.6 Å². The number of amides is 2. The predicted octanol–water partition coefficient (Wildman–Crippen LogP) is 4.02. The van der Waals surface area contributed by atoms with Crippen molar-refractivity contribution in [3.05, 3.63) is 34.9 Å². The summed E-state index contributed by atoms with van der Waals surface area (Å²) in [6, 6.07) is 7.79. The number of nitrogens with zero attached hydrogens (tertiary/aromatic N) is 2. The van der Waals surface area contributed by atoms with Crippen LogP contribution in [0.2, 0.25) is 0 Å². The van der Waals surface area contributed by atoms with Gasteiger partial charge in [-0.3, -0.25) is 4.98 Å². The molecule has 2 heterocycles. The van der Waals surface area contributed by atoms with Gasteiger partial charge in [0, 0.05) is 29.1 Å². The third-order valence-corrected chi connectivity index (χ3v) is 4.00. The molecular formula is C15H16BrN3O. The molecule has 1 aliphatic rings. The number of pyridine rings is 1. The summed E-state index contributed by atoms with van der Waals surface area (Å²) < 4.78 is 0.935. The van der Waals surface area contributed by atoms with E-state index in [9.17, 15) is 4.79 Å². The minimum absolute atomic E-state index is 0.0260. The van der Waals surface area contributed by atoms with E-state index in [1.165, 1.54) is 6.42 Å². The van der Waals surface area contributed by atoms with Crippen LogP contribution in [-0.2, 0) is 0 Å². The Morgan fingerprint density at radius 3 is 2.85 bits per heavy atom. The molecule has 0 atom stereocenters. The van der Waals surface area contributed by atoms with Gasteiger partial charge in [0.25, 0.3) is 0 Å². The van der Waals surface area contributed by atoms with Crippen LogP contribution in [0.3, 0.4) is 0 Å². The van der Waals surface area contributed by atoms with Crippen molar-refractivity contribution in [1.29, 1.82) is 0 Å². The number of likely N-dealkylation sites (tertiary alicyclic amines) is 1. The van der Waals surface area contributed by atoms with Crippen molar-refractivity contribution < 1.29 is 4.79 Å². The normalized spacial score (nSPS) is 15.3. The largest absolute Gasteiger partial charge is 0.325 e. The number of carbonyl (C=O) groups is 1. The molecule has 0 saturated carbocycles. The monoisotopic (exact) mass is 333 g/mol. The number of hydrogen-bond donors (Lipinski definition) is 1. The van der Waals surface area contributed by atoms with Gasteiger partial charge in [-0.2, -0.15) is 0 Å². The topological polar surface area (TPSA) is 45.2 Å². The molecule has 1 N–H and O–H groups in total. The van der Waals surface area contributed by atoms with E-state index in [4.69, 9.17) is 0 Å². The van der Waals surface area contributed by atoms with Crippen molar-refractivity contribution in [3.63, 3.8) is 0 Å². The number of benzene rings is 1. The molecule has 1 aromatic heterocycles. The number of halogens is 1. The highest BCUT2D eigenvalue weighted by Crippen LogP contribution is 2.24. The lowest BCUT2D eigenvalue weighted by molar-refractivity contribution is 0.200. The fourth-order valence-electron chi connectivity index (χ4n) is 2.53. The maximum absolute atomic E-state index is 12.3. The van der Waals surface area contributed by atoms with Crippen LogP contribution in [0.25, 0.3) is 10.9 Å². The number of hydrogen-bond acceptors (Lipinski definition) is 2. The Hall–Kier alpha value is -1.62. The van der Waals surface area contributed by atoms with Gasteiger partial charge in [-0.25, -0.2) is 4.79 Å². The van der Waals surface area contributed by atoms with E-state index < -0.39 is 0 Å². The molecule has 1 saturated heterocycles. The van der Waals surface area contributed by atoms with Crippen LogP contribution in [0.5, 0.6) is 0 Å². The summed E-state index contributed by atoms with van der Waals surface area (Å²) in [6.07, 6.45) is 5.15. The van der Waals surface area contributed by atoms with E-state index in [2.05, 4.69) is 26.2 Å². The zero-order valence-electron chi connectivity index (χ0n) is 11.1. The van der Waals surface area contributed by atoms with E-state index in [1.54, 1.807) is 6.20 Å². The first-order chi connectivity index (χ1) is 9.74. The Labute approximate surface area is 126 Å². The number of nitrogens with one attached hydrogen (secondary N) is 1. The summed E-state index contributed by atoms with van der Waals surface area (Å²) >= 11 is 3.41. The molecule has 5 heteroatoms. The molecule has 104 valence electrons. The van der Waals surface area contributed by atoms with Gasteiger partial charge in [0.2, 0.25) is 0 Å². The van der Waals surface area contributed by atoms with E-state index in [-0.39, 0.29) is 6.03 Å². The molecule has 0 bridgehead atoms. The fourth-order valence-corrected chi connectivity index (χ4v) is 2.88. The van der Waals surface area contributed by atoms with E-state index in [1.807, 2.05) is 29.2 Å². The van der Waals surface area contributed by atoms with Gasteiger partial charge in [0.1, 0.15) is 0 Å². The summed E-state index contributed by atoms with van der Waals surface area (Å²) in [6.45, 7) is 1.69. The lowest BCUT2D eigenvalue weighted by Crippen LogP contribution is -2.38. The van der Waals surface area contributed by atoms with Gasteiger partial charge in [-0.1, -0.05) is 12.1 Å². The van der Waals surface area contributed by atoms with Crippen LogP contribution < -0.4 is 5.32 Å². The number of aromatic nitrogens is 1. The van der Waals surface area contributed by atoms with Crippen LogP contribution >= 0.6 is 15.9 Å². The number of para-hydroxylation sites is 1. The SMILES string of the molecule is O=C(Nc1cccc2cc(Br)cnc12)N1CCCCC1. The molecule has 0 radical (unpaired) electrons. The summed E-state index contributed by atoms with van der Waals surface area (Å²) in [7, 11) is 0. The third kappa shape index (κ3) is 2.77. The molecule has 3 rings (SSSR count). The van der Waals surface area contributed by atoms with Crippen LogP contribution in [0.4, 0.5) is 10.5 Å². The maximum Gasteiger partial charge on any atom is 0.321 e. The molecule has 0 spiro atoms. The first-order valence-electron chi connectivity index (χ1n) is 6.84. The van der Waals surface area contributed by atoms with E-state index in [0.29, 0.717) is 0 Å². The Balaban J connectivity index is 1.85. The number of rotatable bonds is 1. The number of urea groups is 1. The van der Waals surface area contributed by atoms with E-state index >= 15 is 0 Å². The van der Waals surface area contributed by atoms with Gasteiger partial charge < -0.3 is 10.2 Å². The molecule has 1 aliphatic heterocycles. The Bertz CT molecular complexity index is 638. The van der Waals surface area contributed by atoms with Crippen molar-refractivity contribution in [2.45, 2.75) is 19.3 Å². The molecule has 0 aliphatic carbocycles. The highest BCUT2D eigenvalue weighted by Gasteiger charge is 2.17. The molecule has 1 aromatic carbocycles. The van der Waals surface area contributed by atoms with Crippen LogP contribution in [0, 0.1) is 0 Å². The van der Waals surface area contributed by atoms with Crippen molar-refractivity contribution in [2.75, 3.05) is 18.4 Å². The second-order valence-corrected chi connectivity index (χ2v) is 5.92. The van der Waals surface area contributed by atoms with Crippen LogP contribution in [0.1, 0.15) is 19.3 Å². The Kier molecular flexibility index (Phi) is 3.87. The van der Waals surface area contributed by atoms with Crippen molar-refractivity contribution in [2.24, 2.45) is 0 Å². The van der Waals surface area contributed by atoms with Gasteiger partial charge >= 0.3 is 6.03 Å². The molecule has 1 fully saturated rings. The molecule has 20 heavy (non-hydrogen) atoms. The minimum Gasteiger partial charge on any atom is -0.325 e.